The van der Waals surface area contributed by atoms with Gasteiger partial charge in [0.25, 0.3) is 0 Å². The first-order chi connectivity index (χ1) is 8.59. The smallest absolute Gasteiger partial charge is 0.0755 e. The van der Waals surface area contributed by atoms with E-state index in [0.717, 1.165) is 19.1 Å². The van der Waals surface area contributed by atoms with Gasteiger partial charge in [-0.05, 0) is 32.0 Å². The molecule has 1 heterocycles. The molecule has 0 amide bonds. The summed E-state index contributed by atoms with van der Waals surface area (Å²) >= 11 is 0. The van der Waals surface area contributed by atoms with Crippen LogP contribution in [-0.2, 0) is 4.74 Å². The van der Waals surface area contributed by atoms with Crippen LogP contribution in [0.5, 0.6) is 0 Å². The third-order valence-electron chi connectivity index (χ3n) is 3.56. The van der Waals surface area contributed by atoms with Crippen molar-refractivity contribution in [3.63, 3.8) is 0 Å². The zero-order valence-corrected chi connectivity index (χ0v) is 13.6. The van der Waals surface area contributed by atoms with Gasteiger partial charge in [0.2, 0.25) is 0 Å². The van der Waals surface area contributed by atoms with Crippen molar-refractivity contribution in [2.45, 2.75) is 57.8 Å². The van der Waals surface area contributed by atoms with Gasteiger partial charge in [-0.25, -0.2) is 0 Å². The van der Waals surface area contributed by atoms with Gasteiger partial charge in [-0.3, -0.25) is 0 Å². The van der Waals surface area contributed by atoms with Crippen LogP contribution in [0.4, 0.5) is 0 Å². The van der Waals surface area contributed by atoms with Crippen molar-refractivity contribution in [2.24, 2.45) is 0 Å². The van der Waals surface area contributed by atoms with Crippen LogP contribution in [0.15, 0.2) is 0 Å². The minimum atomic E-state index is -1.19. The quantitative estimate of drug-likeness (QED) is 0.541. The molecule has 1 aliphatic heterocycles. The number of ether oxygens (including phenoxy) is 1. The second-order valence-electron chi connectivity index (χ2n) is 6.17. The Morgan fingerprint density at radius 1 is 1.33 bits per heavy atom. The van der Waals surface area contributed by atoms with Gasteiger partial charge >= 0.3 is 0 Å². The van der Waals surface area contributed by atoms with Crippen molar-refractivity contribution in [1.82, 2.24) is 4.90 Å². The maximum atomic E-state index is 5.33. The lowest BCUT2D eigenvalue weighted by Crippen LogP contribution is -2.45. The standard InChI is InChI=1S/C15H29NOSi/c1-5-6-7-8-12-18(3,4)14-16-11-9-10-15(16)13-17-2/h15H,5-6,9-14H2,1-4H3/t15-/m0/s1. The Kier molecular flexibility index (Phi) is 6.99. The van der Waals surface area contributed by atoms with Gasteiger partial charge in [-0.2, -0.15) is 0 Å². The fourth-order valence-electron chi connectivity index (χ4n) is 2.61. The minimum absolute atomic E-state index is 0.658. The molecule has 0 bridgehead atoms. The first-order valence-electron chi connectivity index (χ1n) is 7.28. The molecule has 0 aliphatic carbocycles. The van der Waals surface area contributed by atoms with Gasteiger partial charge in [0.15, 0.2) is 0 Å². The van der Waals surface area contributed by atoms with Crippen molar-refractivity contribution in [3.8, 4) is 11.8 Å². The molecule has 18 heavy (non-hydrogen) atoms. The number of nitrogens with zero attached hydrogens (tertiary/aromatic N) is 1. The summed E-state index contributed by atoms with van der Waals surface area (Å²) in [6, 6.07) is 1.80. The second kappa shape index (κ2) is 7.99. The summed E-state index contributed by atoms with van der Waals surface area (Å²) in [6.07, 6.45) is 6.15. The van der Waals surface area contributed by atoms with E-state index in [2.05, 4.69) is 36.8 Å². The van der Waals surface area contributed by atoms with Crippen LogP contribution < -0.4 is 0 Å². The van der Waals surface area contributed by atoms with Crippen LogP contribution >= 0.6 is 0 Å². The summed E-state index contributed by atoms with van der Waals surface area (Å²) < 4.78 is 5.33. The third-order valence-corrected chi connectivity index (χ3v) is 5.95. The molecule has 0 radical (unpaired) electrons. The van der Waals surface area contributed by atoms with Gasteiger partial charge in [0.1, 0.15) is 0 Å². The molecule has 2 nitrogen and oxygen atoms in total. The highest BCUT2D eigenvalue weighted by atomic mass is 28.3. The van der Waals surface area contributed by atoms with Gasteiger partial charge < -0.3 is 9.64 Å². The van der Waals surface area contributed by atoms with Crippen LogP contribution in [0, 0.1) is 11.8 Å². The molecule has 1 atom stereocenters. The summed E-state index contributed by atoms with van der Waals surface area (Å²) in [6.45, 7) is 9.28. The maximum absolute atomic E-state index is 5.33. The molecule has 104 valence electrons. The van der Waals surface area contributed by atoms with Crippen molar-refractivity contribution in [3.05, 3.63) is 0 Å². The SMILES string of the molecule is CCCC#CC[Si](C)(C)CN1CCC[C@H]1COC. The Bertz CT molecular complexity index is 293. The average Bonchev–Trinajstić information content (AvgIpc) is 2.72. The number of methoxy groups -OCH3 is 1. The van der Waals surface area contributed by atoms with E-state index in [9.17, 15) is 0 Å². The lowest BCUT2D eigenvalue weighted by Gasteiger charge is -2.31. The number of unbranched alkanes of at least 4 members (excludes halogenated alkanes) is 1. The van der Waals surface area contributed by atoms with Crippen LogP contribution in [0.1, 0.15) is 32.6 Å². The molecule has 0 unspecified atom stereocenters. The molecule has 1 aliphatic rings. The largest absolute Gasteiger partial charge is 0.383 e. The number of hydrogen-bond acceptors (Lipinski definition) is 2. The highest BCUT2D eigenvalue weighted by Crippen LogP contribution is 2.21. The zero-order valence-electron chi connectivity index (χ0n) is 12.6. The predicted octanol–water partition coefficient (Wildman–Crippen LogP) is 3.15. The summed E-state index contributed by atoms with van der Waals surface area (Å²) in [5, 5.41) is 0. The van der Waals surface area contributed by atoms with Gasteiger partial charge in [0, 0.05) is 25.6 Å². The second-order valence-corrected chi connectivity index (χ2v) is 11.2. The summed E-state index contributed by atoms with van der Waals surface area (Å²) in [4.78, 5) is 2.65. The molecule has 1 fully saturated rings. The number of likely N-dealkylation sites (tertiary alicyclic amines) is 1. The van der Waals surface area contributed by atoms with E-state index in [-0.39, 0.29) is 0 Å². The van der Waals surface area contributed by atoms with Gasteiger partial charge in [0.05, 0.1) is 14.7 Å². The molecule has 0 N–H and O–H groups in total. The van der Waals surface area contributed by atoms with Crippen molar-refractivity contribution < 1.29 is 4.74 Å². The number of hydrogen-bond donors (Lipinski definition) is 0. The summed E-state index contributed by atoms with van der Waals surface area (Å²) in [7, 11) is 0.622. The monoisotopic (exact) mass is 267 g/mol. The average molecular weight is 267 g/mol. The summed E-state index contributed by atoms with van der Waals surface area (Å²) in [5.74, 6) is 6.70. The van der Waals surface area contributed by atoms with Crippen molar-refractivity contribution in [2.75, 3.05) is 26.4 Å². The van der Waals surface area contributed by atoms with E-state index in [1.165, 1.54) is 32.0 Å². The molecule has 0 aromatic heterocycles. The highest BCUT2D eigenvalue weighted by Gasteiger charge is 2.30. The Morgan fingerprint density at radius 2 is 2.11 bits per heavy atom. The highest BCUT2D eigenvalue weighted by molar-refractivity contribution is 6.78. The maximum Gasteiger partial charge on any atom is 0.0755 e. The Balaban J connectivity index is 2.41. The molecule has 1 saturated heterocycles. The molecular formula is C15H29NOSi. The molecule has 0 aromatic rings. The van der Waals surface area contributed by atoms with Gasteiger partial charge in [-0.15, -0.1) is 11.8 Å². The lowest BCUT2D eigenvalue weighted by molar-refractivity contribution is 0.124. The first kappa shape index (κ1) is 15.8. The Morgan fingerprint density at radius 3 is 2.78 bits per heavy atom. The van der Waals surface area contributed by atoms with E-state index >= 15 is 0 Å². The molecule has 1 rings (SSSR count). The fourth-order valence-corrected chi connectivity index (χ4v) is 4.84. The minimum Gasteiger partial charge on any atom is -0.383 e. The van der Waals surface area contributed by atoms with Crippen LogP contribution in [0.2, 0.25) is 19.1 Å². The zero-order chi connectivity index (χ0) is 13.4. The molecule has 0 aromatic carbocycles. The van der Waals surface area contributed by atoms with Crippen LogP contribution in [0.25, 0.3) is 0 Å². The molecule has 3 heteroatoms. The fraction of sp³-hybridized carbons (Fsp3) is 0.867. The lowest BCUT2D eigenvalue weighted by atomic mass is 10.2. The normalized spacial score (nSPS) is 20.8. The third kappa shape index (κ3) is 5.56. The van der Waals surface area contributed by atoms with E-state index in [1.807, 2.05) is 7.11 Å². The number of rotatable bonds is 6. The van der Waals surface area contributed by atoms with E-state index in [4.69, 9.17) is 4.74 Å². The van der Waals surface area contributed by atoms with E-state index in [0.29, 0.717) is 6.04 Å². The summed E-state index contributed by atoms with van der Waals surface area (Å²) in [5.41, 5.74) is 0. The predicted molar refractivity (Wildman–Crippen MR) is 81.4 cm³/mol. The Labute approximate surface area is 114 Å². The van der Waals surface area contributed by atoms with Crippen LogP contribution in [-0.4, -0.2) is 45.4 Å². The van der Waals surface area contributed by atoms with Crippen molar-refractivity contribution in [1.29, 1.82) is 0 Å². The van der Waals surface area contributed by atoms with Gasteiger partial charge in [-0.1, -0.05) is 20.0 Å². The van der Waals surface area contributed by atoms with E-state index < -0.39 is 8.07 Å². The Hall–Kier alpha value is -0.303. The topological polar surface area (TPSA) is 12.5 Å². The van der Waals surface area contributed by atoms with Crippen molar-refractivity contribution >= 4 is 8.07 Å². The molecule has 0 saturated carbocycles. The molecular weight excluding hydrogens is 238 g/mol. The first-order valence-corrected chi connectivity index (χ1v) is 10.7. The van der Waals surface area contributed by atoms with E-state index in [1.54, 1.807) is 0 Å². The van der Waals surface area contributed by atoms with Crippen LogP contribution in [0.3, 0.4) is 0 Å². The molecule has 0 spiro atoms.